The van der Waals surface area contributed by atoms with Gasteiger partial charge in [0.25, 0.3) is 12.3 Å². The predicted octanol–water partition coefficient (Wildman–Crippen LogP) is 0.728. The molecule has 1 unspecified atom stereocenters. The van der Waals surface area contributed by atoms with Crippen molar-refractivity contribution in [3.63, 3.8) is 0 Å². The maximum Gasteiger partial charge on any atom is 0.359 e. The van der Waals surface area contributed by atoms with Crippen LogP contribution in [0.25, 0.3) is 11.2 Å². The number of anilines is 1. The molecule has 1 N–H and O–H groups in total. The van der Waals surface area contributed by atoms with E-state index in [0.29, 0.717) is 17.0 Å². The Morgan fingerprint density at radius 1 is 1.14 bits per heavy atom. The number of methoxy groups -OCH3 is 1. The van der Waals surface area contributed by atoms with Gasteiger partial charge in [-0.3, -0.25) is 13.6 Å². The highest BCUT2D eigenvalue weighted by Gasteiger charge is 2.45. The Hall–Kier alpha value is -3.04. The molecular weight excluding hydrogens is 517 g/mol. The van der Waals surface area contributed by atoms with Crippen LogP contribution in [0.1, 0.15) is 27.7 Å². The topological polar surface area (TPSA) is 208 Å². The van der Waals surface area contributed by atoms with Gasteiger partial charge >= 0.3 is 7.60 Å². The van der Waals surface area contributed by atoms with E-state index in [-0.39, 0.29) is 19.9 Å². The lowest BCUT2D eigenvalue weighted by atomic mass is 9.92. The molecular formula is C20H30N5O11P-2. The second kappa shape index (κ2) is 13.5. The molecule has 17 heteroatoms. The average Bonchev–Trinajstić information content (AvgIpc) is 3.23. The molecule has 0 aliphatic rings. The van der Waals surface area contributed by atoms with E-state index in [9.17, 15) is 24.4 Å². The van der Waals surface area contributed by atoms with Crippen molar-refractivity contribution in [2.75, 3.05) is 38.9 Å². The molecule has 0 bridgehead atoms. The molecule has 0 saturated heterocycles. The van der Waals surface area contributed by atoms with Crippen LogP contribution in [0.4, 0.5) is 15.4 Å². The minimum absolute atomic E-state index is 0.0357. The summed E-state index contributed by atoms with van der Waals surface area (Å²) in [6.07, 6.45) is -1.66. The fourth-order valence-electron chi connectivity index (χ4n) is 3.38. The number of hydrogen-bond donors (Lipinski definition) is 1. The number of carboxylic acid groups (broad SMARTS) is 2. The molecule has 16 nitrogen and oxygen atoms in total. The van der Waals surface area contributed by atoms with Gasteiger partial charge in [-0.1, -0.05) is 27.7 Å². The van der Waals surface area contributed by atoms with Crippen LogP contribution >= 0.6 is 7.60 Å². The van der Waals surface area contributed by atoms with E-state index in [4.69, 9.17) is 23.3 Å². The number of rotatable bonds is 16. The summed E-state index contributed by atoms with van der Waals surface area (Å²) in [4.78, 5) is 34.5. The largest absolute Gasteiger partial charge is 0.523 e. The Balaban J connectivity index is 2.15. The lowest BCUT2D eigenvalue weighted by Gasteiger charge is -2.45. The van der Waals surface area contributed by atoms with Gasteiger partial charge in [0, 0.05) is 25.5 Å². The summed E-state index contributed by atoms with van der Waals surface area (Å²) in [6.45, 7) is 5.69. The molecule has 0 aromatic carbocycles. The van der Waals surface area contributed by atoms with Crippen LogP contribution in [-0.2, 0) is 39.1 Å². The van der Waals surface area contributed by atoms with Gasteiger partial charge in [-0.05, 0) is 0 Å². The Labute approximate surface area is 212 Å². The first kappa shape index (κ1) is 30.2. The summed E-state index contributed by atoms with van der Waals surface area (Å²) in [7, 11) is -2.84. The number of imidazole rings is 1. The van der Waals surface area contributed by atoms with Crippen LogP contribution in [0.15, 0.2) is 12.7 Å². The van der Waals surface area contributed by atoms with E-state index in [2.05, 4.69) is 25.0 Å². The third-order valence-electron chi connectivity index (χ3n) is 5.07. The molecule has 1 atom stereocenters. The Morgan fingerprint density at radius 3 is 2.43 bits per heavy atom. The van der Waals surface area contributed by atoms with E-state index in [1.807, 2.05) is 0 Å². The SMILES string of the molecule is COCNc1ncnc2c1ncn2CCOCP(=O)(OCOC(=O)[O-])OC(OC(=O)[O-])(C(C)C)C(C)C. The molecule has 2 aromatic rings. The maximum atomic E-state index is 13.5. The fraction of sp³-hybridized carbons (Fsp3) is 0.650. The average molecular weight is 547 g/mol. The second-order valence-electron chi connectivity index (χ2n) is 8.21. The molecule has 2 heterocycles. The van der Waals surface area contributed by atoms with Gasteiger partial charge in [-0.25, -0.2) is 15.0 Å². The lowest BCUT2D eigenvalue weighted by molar-refractivity contribution is -0.327. The fourth-order valence-corrected chi connectivity index (χ4v) is 5.02. The Morgan fingerprint density at radius 2 is 1.84 bits per heavy atom. The summed E-state index contributed by atoms with van der Waals surface area (Å²) in [5.41, 5.74) is 0.991. The molecule has 0 saturated carbocycles. The van der Waals surface area contributed by atoms with Gasteiger partial charge in [0.05, 0.1) is 12.9 Å². The van der Waals surface area contributed by atoms with Gasteiger partial charge in [-0.2, -0.15) is 0 Å². The molecule has 0 spiro atoms. The number of nitrogens with zero attached hydrogens (tertiary/aromatic N) is 4. The monoisotopic (exact) mass is 547 g/mol. The second-order valence-corrected chi connectivity index (χ2v) is 10.1. The van der Waals surface area contributed by atoms with Crippen LogP contribution < -0.4 is 15.5 Å². The molecule has 0 aliphatic heterocycles. The quantitative estimate of drug-likeness (QED) is 0.133. The normalized spacial score (nSPS) is 13.6. The van der Waals surface area contributed by atoms with Gasteiger partial charge in [0.15, 0.2) is 17.3 Å². The molecule has 0 radical (unpaired) electrons. The zero-order valence-electron chi connectivity index (χ0n) is 21.1. The standard InChI is InChI=1S/C20H32N5O11P/c1-13(2)20(14(3)4,35-19(28)29)36-37(30,34-11-33-18(26)27)12-32-7-6-25-9-23-15-16(24-10-31-5)21-8-22-17(15)25/h8-9,13-14H,6-7,10-12H2,1-5H3,(H,26,27)(H,28,29)(H,21,22,24)/p-2. The lowest BCUT2D eigenvalue weighted by Crippen LogP contribution is -2.50. The molecule has 2 rings (SSSR count). The van der Waals surface area contributed by atoms with Crippen molar-refractivity contribution in [3.05, 3.63) is 12.7 Å². The van der Waals surface area contributed by atoms with Crippen LogP contribution in [0.2, 0.25) is 0 Å². The minimum Gasteiger partial charge on any atom is -0.523 e. The Bertz CT molecular complexity index is 1090. The van der Waals surface area contributed by atoms with E-state index in [0.717, 1.165) is 0 Å². The van der Waals surface area contributed by atoms with Crippen molar-refractivity contribution in [2.24, 2.45) is 11.8 Å². The van der Waals surface area contributed by atoms with Crippen molar-refractivity contribution in [2.45, 2.75) is 40.0 Å². The van der Waals surface area contributed by atoms with E-state index >= 15 is 0 Å². The van der Waals surface area contributed by atoms with Gasteiger partial charge in [-0.15, -0.1) is 0 Å². The Kier molecular flexibility index (Phi) is 11.0. The van der Waals surface area contributed by atoms with Crippen LogP contribution in [-0.4, -0.2) is 71.2 Å². The highest BCUT2D eigenvalue weighted by molar-refractivity contribution is 7.53. The summed E-state index contributed by atoms with van der Waals surface area (Å²) in [5, 5.41) is 24.8. The zero-order valence-corrected chi connectivity index (χ0v) is 22.0. The number of carbonyl (C=O) groups is 2. The third kappa shape index (κ3) is 8.23. The summed E-state index contributed by atoms with van der Waals surface area (Å²) in [6, 6.07) is 0. The first-order valence-corrected chi connectivity index (χ1v) is 12.8. The van der Waals surface area contributed by atoms with Crippen molar-refractivity contribution in [1.29, 1.82) is 0 Å². The minimum atomic E-state index is -4.36. The number of ether oxygens (including phenoxy) is 4. The highest BCUT2D eigenvalue weighted by Crippen LogP contribution is 2.55. The number of carbonyl (C=O) groups excluding carboxylic acids is 2. The molecule has 37 heavy (non-hydrogen) atoms. The number of aromatic nitrogens is 4. The first-order chi connectivity index (χ1) is 17.4. The summed E-state index contributed by atoms with van der Waals surface area (Å²) < 4.78 is 45.4. The van der Waals surface area contributed by atoms with E-state index in [1.165, 1.54) is 19.8 Å². The number of fused-ring (bicyclic) bond motifs is 1. The van der Waals surface area contributed by atoms with Gasteiger partial charge < -0.3 is 48.6 Å². The zero-order chi connectivity index (χ0) is 27.6. The highest BCUT2D eigenvalue weighted by atomic mass is 31.2. The molecule has 2 aromatic heterocycles. The molecule has 0 amide bonds. The molecule has 0 fully saturated rings. The number of hydrogen-bond acceptors (Lipinski definition) is 15. The first-order valence-electron chi connectivity index (χ1n) is 11.1. The van der Waals surface area contributed by atoms with Crippen molar-refractivity contribution in [3.8, 4) is 0 Å². The van der Waals surface area contributed by atoms with Gasteiger partial charge in [0.2, 0.25) is 0 Å². The predicted molar refractivity (Wildman–Crippen MR) is 122 cm³/mol. The van der Waals surface area contributed by atoms with Crippen LogP contribution in [0.5, 0.6) is 0 Å². The van der Waals surface area contributed by atoms with Crippen molar-refractivity contribution >= 4 is 36.9 Å². The smallest absolute Gasteiger partial charge is 0.359 e. The number of nitrogens with one attached hydrogen (secondary N) is 1. The molecule has 0 aliphatic carbocycles. The van der Waals surface area contributed by atoms with Crippen LogP contribution in [0.3, 0.4) is 0 Å². The summed E-state index contributed by atoms with van der Waals surface area (Å²) >= 11 is 0. The van der Waals surface area contributed by atoms with E-state index in [1.54, 1.807) is 32.3 Å². The van der Waals surface area contributed by atoms with Crippen LogP contribution in [0, 0.1) is 11.8 Å². The third-order valence-corrected chi connectivity index (χ3v) is 6.63. The molecule has 208 valence electrons. The van der Waals surface area contributed by atoms with Crippen molar-refractivity contribution < 1.29 is 52.4 Å². The van der Waals surface area contributed by atoms with E-state index < -0.39 is 50.7 Å². The van der Waals surface area contributed by atoms with Crippen molar-refractivity contribution in [1.82, 2.24) is 19.5 Å². The summed E-state index contributed by atoms with van der Waals surface area (Å²) in [5.74, 6) is -2.79. The van der Waals surface area contributed by atoms with Gasteiger partial charge in [0.1, 0.15) is 31.7 Å². The maximum absolute atomic E-state index is 13.5.